The molecule has 0 bridgehead atoms. The van der Waals surface area contributed by atoms with Gasteiger partial charge in [0.25, 0.3) is 5.91 Å². The lowest BCUT2D eigenvalue weighted by Crippen LogP contribution is -2.32. The number of benzene rings is 3. The Bertz CT molecular complexity index is 917. The SMILES string of the molecule is Cc1ccc(CN2C(=O)COCc3cc(-c4ccccc4)ccc32)cc1. The van der Waals surface area contributed by atoms with Gasteiger partial charge < -0.3 is 9.64 Å². The summed E-state index contributed by atoms with van der Waals surface area (Å²) in [6.07, 6.45) is 0. The molecule has 1 heterocycles. The molecule has 0 aromatic heterocycles. The first kappa shape index (κ1) is 16.6. The van der Waals surface area contributed by atoms with Crippen LogP contribution in [-0.2, 0) is 22.7 Å². The number of fused-ring (bicyclic) bond motifs is 1. The molecule has 26 heavy (non-hydrogen) atoms. The molecule has 0 unspecified atom stereocenters. The van der Waals surface area contributed by atoms with E-state index in [0.717, 1.165) is 27.9 Å². The normalized spacial score (nSPS) is 14.0. The minimum Gasteiger partial charge on any atom is -0.367 e. The first-order valence-electron chi connectivity index (χ1n) is 8.83. The van der Waals surface area contributed by atoms with E-state index in [4.69, 9.17) is 4.74 Å². The van der Waals surface area contributed by atoms with Crippen molar-refractivity contribution in [2.75, 3.05) is 11.5 Å². The zero-order chi connectivity index (χ0) is 17.9. The predicted octanol–water partition coefficient (Wildman–Crippen LogP) is 4.73. The lowest BCUT2D eigenvalue weighted by molar-refractivity contribution is -0.123. The fourth-order valence-corrected chi connectivity index (χ4v) is 3.28. The summed E-state index contributed by atoms with van der Waals surface area (Å²) in [5, 5.41) is 0. The predicted molar refractivity (Wildman–Crippen MR) is 104 cm³/mol. The van der Waals surface area contributed by atoms with Crippen molar-refractivity contribution < 1.29 is 9.53 Å². The third-order valence-electron chi connectivity index (χ3n) is 4.72. The number of hydrogen-bond acceptors (Lipinski definition) is 2. The van der Waals surface area contributed by atoms with Crippen LogP contribution in [0.4, 0.5) is 5.69 Å². The van der Waals surface area contributed by atoms with Crippen LogP contribution < -0.4 is 4.90 Å². The second-order valence-electron chi connectivity index (χ2n) is 6.67. The fraction of sp³-hybridized carbons (Fsp3) is 0.174. The second-order valence-corrected chi connectivity index (χ2v) is 6.67. The molecule has 0 atom stereocenters. The van der Waals surface area contributed by atoms with E-state index in [1.165, 1.54) is 5.56 Å². The molecular weight excluding hydrogens is 322 g/mol. The third-order valence-corrected chi connectivity index (χ3v) is 4.72. The zero-order valence-electron chi connectivity index (χ0n) is 14.8. The molecule has 0 aliphatic carbocycles. The zero-order valence-corrected chi connectivity index (χ0v) is 14.8. The van der Waals surface area contributed by atoms with Gasteiger partial charge in [-0.15, -0.1) is 0 Å². The Kier molecular flexibility index (Phi) is 4.55. The summed E-state index contributed by atoms with van der Waals surface area (Å²) >= 11 is 0. The molecule has 0 spiro atoms. The molecule has 1 amide bonds. The van der Waals surface area contributed by atoms with Crippen LogP contribution in [0.5, 0.6) is 0 Å². The Morgan fingerprint density at radius 2 is 1.65 bits per heavy atom. The molecule has 0 saturated heterocycles. The Morgan fingerprint density at radius 1 is 0.885 bits per heavy atom. The van der Waals surface area contributed by atoms with Gasteiger partial charge in [0.15, 0.2) is 0 Å². The number of aryl methyl sites for hydroxylation is 1. The Morgan fingerprint density at radius 3 is 2.42 bits per heavy atom. The van der Waals surface area contributed by atoms with E-state index in [0.29, 0.717) is 13.2 Å². The summed E-state index contributed by atoms with van der Waals surface area (Å²) in [4.78, 5) is 14.4. The second kappa shape index (κ2) is 7.14. The van der Waals surface area contributed by atoms with Crippen LogP contribution >= 0.6 is 0 Å². The van der Waals surface area contributed by atoms with Crippen LogP contribution in [0.3, 0.4) is 0 Å². The smallest absolute Gasteiger partial charge is 0.253 e. The quantitative estimate of drug-likeness (QED) is 0.688. The van der Waals surface area contributed by atoms with Gasteiger partial charge in [0.05, 0.1) is 13.2 Å². The summed E-state index contributed by atoms with van der Waals surface area (Å²) in [6, 6.07) is 24.8. The van der Waals surface area contributed by atoms with Gasteiger partial charge in [-0.3, -0.25) is 4.79 Å². The highest BCUT2D eigenvalue weighted by molar-refractivity contribution is 5.95. The van der Waals surface area contributed by atoms with Gasteiger partial charge in [-0.2, -0.15) is 0 Å². The highest BCUT2D eigenvalue weighted by Crippen LogP contribution is 2.31. The van der Waals surface area contributed by atoms with Crippen molar-refractivity contribution >= 4 is 11.6 Å². The Hall–Kier alpha value is -2.91. The van der Waals surface area contributed by atoms with E-state index in [9.17, 15) is 4.79 Å². The monoisotopic (exact) mass is 343 g/mol. The number of nitrogens with zero attached hydrogens (tertiary/aromatic N) is 1. The van der Waals surface area contributed by atoms with Gasteiger partial charge >= 0.3 is 0 Å². The number of amides is 1. The molecule has 0 radical (unpaired) electrons. The topological polar surface area (TPSA) is 29.5 Å². The van der Waals surface area contributed by atoms with Crippen molar-refractivity contribution in [3.8, 4) is 11.1 Å². The molecule has 130 valence electrons. The molecule has 0 N–H and O–H groups in total. The molecule has 0 fully saturated rings. The fourth-order valence-electron chi connectivity index (χ4n) is 3.28. The number of hydrogen-bond donors (Lipinski definition) is 0. The summed E-state index contributed by atoms with van der Waals surface area (Å²) in [6.45, 7) is 3.18. The number of carbonyl (C=O) groups is 1. The van der Waals surface area contributed by atoms with E-state index in [-0.39, 0.29) is 12.5 Å². The van der Waals surface area contributed by atoms with Crippen molar-refractivity contribution in [1.82, 2.24) is 0 Å². The Balaban J connectivity index is 1.70. The maximum absolute atomic E-state index is 12.6. The molecule has 4 rings (SSSR count). The maximum atomic E-state index is 12.6. The molecule has 3 aromatic rings. The number of carbonyl (C=O) groups excluding carboxylic acids is 1. The first-order chi connectivity index (χ1) is 12.7. The number of ether oxygens (including phenoxy) is 1. The molecule has 3 aromatic carbocycles. The van der Waals surface area contributed by atoms with Crippen molar-refractivity contribution in [2.45, 2.75) is 20.1 Å². The summed E-state index contributed by atoms with van der Waals surface area (Å²) in [5.74, 6) is -0.00298. The number of rotatable bonds is 3. The molecule has 3 heteroatoms. The van der Waals surface area contributed by atoms with Crippen LogP contribution in [0.2, 0.25) is 0 Å². The molecule has 3 nitrogen and oxygen atoms in total. The molecule has 1 aliphatic heterocycles. The van der Waals surface area contributed by atoms with Crippen LogP contribution in [0.25, 0.3) is 11.1 Å². The third kappa shape index (κ3) is 3.39. The highest BCUT2D eigenvalue weighted by atomic mass is 16.5. The molecule has 1 aliphatic rings. The summed E-state index contributed by atoms with van der Waals surface area (Å²) in [5.41, 5.74) is 6.61. The van der Waals surface area contributed by atoms with Crippen LogP contribution in [0.15, 0.2) is 72.8 Å². The van der Waals surface area contributed by atoms with E-state index >= 15 is 0 Å². The van der Waals surface area contributed by atoms with E-state index in [1.807, 2.05) is 29.2 Å². The number of anilines is 1. The van der Waals surface area contributed by atoms with Crippen molar-refractivity contribution in [3.05, 3.63) is 89.5 Å². The van der Waals surface area contributed by atoms with Gasteiger partial charge in [0.2, 0.25) is 0 Å². The highest BCUT2D eigenvalue weighted by Gasteiger charge is 2.23. The van der Waals surface area contributed by atoms with Crippen LogP contribution in [0.1, 0.15) is 16.7 Å². The molecule has 0 saturated carbocycles. The van der Waals surface area contributed by atoms with Gasteiger partial charge in [0, 0.05) is 11.3 Å². The van der Waals surface area contributed by atoms with Gasteiger partial charge in [-0.1, -0.05) is 66.2 Å². The van der Waals surface area contributed by atoms with Gasteiger partial charge in [-0.25, -0.2) is 0 Å². The van der Waals surface area contributed by atoms with Crippen LogP contribution in [0, 0.1) is 6.92 Å². The lowest BCUT2D eigenvalue weighted by atomic mass is 10.0. The average Bonchev–Trinajstić information content (AvgIpc) is 2.83. The lowest BCUT2D eigenvalue weighted by Gasteiger charge is -2.23. The van der Waals surface area contributed by atoms with Crippen molar-refractivity contribution in [3.63, 3.8) is 0 Å². The van der Waals surface area contributed by atoms with E-state index in [1.54, 1.807) is 0 Å². The van der Waals surface area contributed by atoms with Gasteiger partial charge in [-0.05, 0) is 35.7 Å². The van der Waals surface area contributed by atoms with E-state index < -0.39 is 0 Å². The minimum atomic E-state index is -0.00298. The summed E-state index contributed by atoms with van der Waals surface area (Å²) in [7, 11) is 0. The minimum absolute atomic E-state index is 0.00298. The maximum Gasteiger partial charge on any atom is 0.253 e. The molecular formula is C23H21NO2. The average molecular weight is 343 g/mol. The largest absolute Gasteiger partial charge is 0.367 e. The van der Waals surface area contributed by atoms with Crippen LogP contribution in [-0.4, -0.2) is 12.5 Å². The Labute approximate surface area is 153 Å². The standard InChI is InChI=1S/C23H21NO2/c1-17-7-9-18(10-8-17)14-24-22-12-11-20(19-5-3-2-4-6-19)13-21(22)15-26-16-23(24)25/h2-13H,14-16H2,1H3. The van der Waals surface area contributed by atoms with Crippen molar-refractivity contribution in [2.24, 2.45) is 0 Å². The van der Waals surface area contributed by atoms with Crippen molar-refractivity contribution in [1.29, 1.82) is 0 Å². The first-order valence-corrected chi connectivity index (χ1v) is 8.83. The van der Waals surface area contributed by atoms with Gasteiger partial charge in [0.1, 0.15) is 6.61 Å². The summed E-state index contributed by atoms with van der Waals surface area (Å²) < 4.78 is 5.62. The van der Waals surface area contributed by atoms with E-state index in [2.05, 4.69) is 55.5 Å².